The molecule has 0 aromatic heterocycles. The molecule has 0 atom stereocenters. The Morgan fingerprint density at radius 3 is 1.79 bits per heavy atom. The maximum absolute atomic E-state index is 12.7. The van der Waals surface area contributed by atoms with E-state index in [-0.39, 0.29) is 5.78 Å². The number of hydrogen-bond acceptors (Lipinski definition) is 4. The third-order valence-corrected chi connectivity index (χ3v) is 8.09. The molecule has 0 heterocycles. The Balaban J connectivity index is 1.53. The number of carbonyl (C=O) groups excluding carboxylic acids is 1. The monoisotopic (exact) mass is 538 g/mol. The number of allylic oxidation sites excluding steroid dienone is 1. The summed E-state index contributed by atoms with van der Waals surface area (Å²) < 4.78 is 10.7. The lowest BCUT2D eigenvalue weighted by Gasteiger charge is -2.10. The molecule has 2 aromatic rings. The minimum atomic E-state index is -0.104. The number of ketones is 1. The van der Waals surface area contributed by atoms with E-state index in [9.17, 15) is 4.79 Å². The van der Waals surface area contributed by atoms with Crippen LogP contribution in [0.4, 0.5) is 0 Å². The molecule has 0 bridgehead atoms. The summed E-state index contributed by atoms with van der Waals surface area (Å²) in [7, 11) is 3.12. The van der Waals surface area contributed by atoms with Gasteiger partial charge in [0.1, 0.15) is 0 Å². The highest BCUT2D eigenvalue weighted by atomic mass is 32.2. The van der Waals surface area contributed by atoms with Crippen LogP contribution in [0.3, 0.4) is 0 Å². The molecule has 2 aromatic carbocycles. The van der Waals surface area contributed by atoms with Crippen molar-refractivity contribution in [2.24, 2.45) is 0 Å². The van der Waals surface area contributed by atoms with Gasteiger partial charge in [0.15, 0.2) is 17.3 Å². The van der Waals surface area contributed by atoms with Crippen LogP contribution in [0.25, 0.3) is 6.08 Å². The smallest absolute Gasteiger partial charge is 0.189 e. The minimum absolute atomic E-state index is 0.104. The van der Waals surface area contributed by atoms with Crippen LogP contribution in [0.5, 0.6) is 11.5 Å². The fourth-order valence-electron chi connectivity index (χ4n) is 4.68. The van der Waals surface area contributed by atoms with Crippen molar-refractivity contribution in [1.29, 1.82) is 0 Å². The van der Waals surface area contributed by atoms with Gasteiger partial charge in [0.25, 0.3) is 0 Å². The van der Waals surface area contributed by atoms with E-state index < -0.39 is 0 Å². The number of benzene rings is 2. The summed E-state index contributed by atoms with van der Waals surface area (Å²) in [6.45, 7) is 2.29. The van der Waals surface area contributed by atoms with Crippen molar-refractivity contribution in [3.8, 4) is 11.5 Å². The third-order valence-electron chi connectivity index (χ3n) is 6.99. The van der Waals surface area contributed by atoms with E-state index in [0.29, 0.717) is 17.1 Å². The van der Waals surface area contributed by atoms with E-state index in [1.165, 1.54) is 107 Å². The van der Waals surface area contributed by atoms with E-state index in [0.717, 1.165) is 5.56 Å². The Bertz CT molecular complexity index is 920. The van der Waals surface area contributed by atoms with E-state index in [2.05, 4.69) is 31.2 Å². The summed E-state index contributed by atoms with van der Waals surface area (Å²) in [5, 5.41) is 0. The molecule has 0 spiro atoms. The molecule has 4 heteroatoms. The van der Waals surface area contributed by atoms with Gasteiger partial charge in [-0.1, -0.05) is 121 Å². The van der Waals surface area contributed by atoms with Crippen molar-refractivity contribution in [2.45, 2.75) is 108 Å². The topological polar surface area (TPSA) is 35.5 Å². The highest BCUT2D eigenvalue weighted by Crippen LogP contribution is 2.31. The van der Waals surface area contributed by atoms with Gasteiger partial charge in [0, 0.05) is 4.90 Å². The molecule has 3 nitrogen and oxygen atoms in total. The molecule has 0 saturated carbocycles. The van der Waals surface area contributed by atoms with Crippen LogP contribution in [-0.4, -0.2) is 25.8 Å². The van der Waals surface area contributed by atoms with E-state index in [1.54, 1.807) is 38.5 Å². The number of para-hydroxylation sites is 1. The van der Waals surface area contributed by atoms with Crippen molar-refractivity contribution in [3.05, 3.63) is 59.7 Å². The zero-order valence-electron chi connectivity index (χ0n) is 24.1. The Morgan fingerprint density at radius 2 is 1.26 bits per heavy atom. The predicted molar refractivity (Wildman–Crippen MR) is 165 cm³/mol. The largest absolute Gasteiger partial charge is 0.493 e. The van der Waals surface area contributed by atoms with Gasteiger partial charge >= 0.3 is 0 Å². The maximum Gasteiger partial charge on any atom is 0.189 e. The third kappa shape index (κ3) is 13.0. The first-order valence-corrected chi connectivity index (χ1v) is 15.8. The molecule has 0 radical (unpaired) electrons. The van der Waals surface area contributed by atoms with Gasteiger partial charge in [0.2, 0.25) is 0 Å². The predicted octanol–water partition coefficient (Wildman–Crippen LogP) is 10.6. The zero-order chi connectivity index (χ0) is 27.3. The molecule has 2 rings (SSSR count). The quantitative estimate of drug-likeness (QED) is 0.0646. The van der Waals surface area contributed by atoms with E-state index in [4.69, 9.17) is 9.47 Å². The van der Waals surface area contributed by atoms with Gasteiger partial charge in [-0.3, -0.25) is 4.79 Å². The SMILES string of the molecule is CCCCCCCCCCCCCCCCCSc1ccc(/C=C/C(=O)c2cccc(OC)c2OC)cc1. The molecule has 0 saturated heterocycles. The fourth-order valence-corrected chi connectivity index (χ4v) is 5.59. The van der Waals surface area contributed by atoms with Crippen molar-refractivity contribution in [2.75, 3.05) is 20.0 Å². The normalized spacial score (nSPS) is 11.2. The molecule has 0 amide bonds. The number of unbranched alkanes of at least 4 members (excludes halogenated alkanes) is 14. The number of hydrogen-bond donors (Lipinski definition) is 0. The second kappa shape index (κ2) is 20.7. The van der Waals surface area contributed by atoms with Crippen LogP contribution in [0.15, 0.2) is 53.4 Å². The Labute approximate surface area is 236 Å². The maximum atomic E-state index is 12.7. The minimum Gasteiger partial charge on any atom is -0.493 e. The van der Waals surface area contributed by atoms with Gasteiger partial charge in [-0.25, -0.2) is 0 Å². The van der Waals surface area contributed by atoms with Gasteiger partial charge in [-0.15, -0.1) is 11.8 Å². The van der Waals surface area contributed by atoms with Crippen LogP contribution in [0.2, 0.25) is 0 Å². The Kier molecular flexibility index (Phi) is 17.5. The lowest BCUT2D eigenvalue weighted by molar-refractivity contribution is 0.104. The fraction of sp³-hybridized carbons (Fsp3) is 0.559. The first-order valence-electron chi connectivity index (χ1n) is 14.9. The van der Waals surface area contributed by atoms with Crippen molar-refractivity contribution < 1.29 is 14.3 Å². The van der Waals surface area contributed by atoms with Crippen LogP contribution < -0.4 is 9.47 Å². The summed E-state index contributed by atoms with van der Waals surface area (Å²) in [5.74, 6) is 2.09. The Morgan fingerprint density at radius 1 is 0.711 bits per heavy atom. The molecular formula is C34H50O3S. The average molecular weight is 539 g/mol. The second-order valence-electron chi connectivity index (χ2n) is 10.1. The first-order chi connectivity index (χ1) is 18.7. The highest BCUT2D eigenvalue weighted by Gasteiger charge is 2.14. The molecule has 0 aliphatic heterocycles. The lowest BCUT2D eigenvalue weighted by atomic mass is 10.0. The zero-order valence-corrected chi connectivity index (χ0v) is 25.0. The van der Waals surface area contributed by atoms with E-state index >= 15 is 0 Å². The molecule has 38 heavy (non-hydrogen) atoms. The molecular weight excluding hydrogens is 488 g/mol. The van der Waals surface area contributed by atoms with E-state index in [1.807, 2.05) is 17.8 Å². The molecule has 210 valence electrons. The molecule has 0 fully saturated rings. The van der Waals surface area contributed by atoms with Gasteiger partial charge < -0.3 is 9.47 Å². The highest BCUT2D eigenvalue weighted by molar-refractivity contribution is 7.99. The molecule has 0 aliphatic carbocycles. The van der Waals surface area contributed by atoms with Crippen molar-refractivity contribution in [3.63, 3.8) is 0 Å². The van der Waals surface area contributed by atoms with Crippen molar-refractivity contribution in [1.82, 2.24) is 0 Å². The first kappa shape index (κ1) is 32.0. The summed E-state index contributed by atoms with van der Waals surface area (Å²) in [6.07, 6.45) is 24.5. The van der Waals surface area contributed by atoms with Gasteiger partial charge in [-0.05, 0) is 48.1 Å². The summed E-state index contributed by atoms with van der Waals surface area (Å²) in [5.41, 5.74) is 1.51. The average Bonchev–Trinajstić information content (AvgIpc) is 2.95. The number of carbonyl (C=O) groups is 1. The van der Waals surface area contributed by atoms with Crippen molar-refractivity contribution >= 4 is 23.6 Å². The van der Waals surface area contributed by atoms with Crippen LogP contribution in [-0.2, 0) is 0 Å². The molecule has 0 unspecified atom stereocenters. The lowest BCUT2D eigenvalue weighted by Crippen LogP contribution is -2.01. The van der Waals surface area contributed by atoms with Gasteiger partial charge in [0.05, 0.1) is 19.8 Å². The number of thioether (sulfide) groups is 1. The second-order valence-corrected chi connectivity index (χ2v) is 11.3. The summed E-state index contributed by atoms with van der Waals surface area (Å²) >= 11 is 1.92. The summed E-state index contributed by atoms with van der Waals surface area (Å²) in [4.78, 5) is 14.0. The summed E-state index contributed by atoms with van der Waals surface area (Å²) in [6, 6.07) is 13.8. The van der Waals surface area contributed by atoms with Gasteiger partial charge in [-0.2, -0.15) is 0 Å². The molecule has 0 aliphatic rings. The number of ether oxygens (including phenoxy) is 2. The molecule has 0 N–H and O–H groups in total. The van der Waals surface area contributed by atoms with Crippen LogP contribution >= 0.6 is 11.8 Å². The van der Waals surface area contributed by atoms with Crippen LogP contribution in [0.1, 0.15) is 119 Å². The number of methoxy groups -OCH3 is 2. The standard InChI is InChI=1S/C34H50O3S/c1-4-5-6-7-8-9-10-11-12-13-14-15-16-17-18-28-38-30-25-22-29(23-26-30)24-27-32(35)31-20-19-21-33(36-2)34(31)37-3/h19-27H,4-18,28H2,1-3H3/b27-24+. The Hall–Kier alpha value is -2.20. The number of rotatable bonds is 22. The van der Waals surface area contributed by atoms with Crippen LogP contribution in [0, 0.1) is 0 Å².